The number of nitrogens with two attached hydrogens (primary N) is 1. The van der Waals surface area contributed by atoms with Crippen molar-refractivity contribution in [1.29, 1.82) is 0 Å². The zero-order valence-corrected chi connectivity index (χ0v) is 14.1. The Morgan fingerprint density at radius 1 is 1.08 bits per heavy atom. The van der Waals surface area contributed by atoms with Crippen LogP contribution in [-0.2, 0) is 19.5 Å². The van der Waals surface area contributed by atoms with Gasteiger partial charge in [0.15, 0.2) is 5.82 Å². The Balaban J connectivity index is 1.59. The molecule has 25 heavy (non-hydrogen) atoms. The van der Waals surface area contributed by atoms with Crippen molar-refractivity contribution in [2.24, 2.45) is 5.73 Å². The van der Waals surface area contributed by atoms with Gasteiger partial charge in [0.2, 0.25) is 11.8 Å². The first kappa shape index (κ1) is 16.9. The fourth-order valence-electron chi connectivity index (χ4n) is 2.63. The Morgan fingerprint density at radius 3 is 2.60 bits per heavy atom. The van der Waals surface area contributed by atoms with Crippen LogP contribution in [0.3, 0.4) is 0 Å². The summed E-state index contributed by atoms with van der Waals surface area (Å²) in [4.78, 5) is 17.7. The molecular weight excluding hydrogens is 316 g/mol. The highest BCUT2D eigenvalue weighted by molar-refractivity contribution is 5.92. The van der Waals surface area contributed by atoms with E-state index in [0.29, 0.717) is 36.8 Å². The van der Waals surface area contributed by atoms with Crippen molar-refractivity contribution in [1.82, 2.24) is 15.0 Å². The van der Waals surface area contributed by atoms with E-state index in [0.717, 1.165) is 11.1 Å². The quantitative estimate of drug-likeness (QED) is 0.716. The maximum Gasteiger partial charge on any atom is 0.248 e. The van der Waals surface area contributed by atoms with Crippen molar-refractivity contribution >= 4 is 5.91 Å². The number of primary amides is 1. The van der Waals surface area contributed by atoms with Gasteiger partial charge in [-0.05, 0) is 30.3 Å². The van der Waals surface area contributed by atoms with Crippen LogP contribution in [0.2, 0.25) is 0 Å². The normalized spacial score (nSPS) is 11.0. The molecule has 0 fully saturated rings. The van der Waals surface area contributed by atoms with E-state index in [1.54, 1.807) is 12.1 Å². The molecule has 1 heterocycles. The van der Waals surface area contributed by atoms with E-state index in [9.17, 15) is 4.79 Å². The van der Waals surface area contributed by atoms with Gasteiger partial charge in [-0.3, -0.25) is 9.69 Å². The number of hydrogen-bond acceptors (Lipinski definition) is 5. The van der Waals surface area contributed by atoms with Gasteiger partial charge in [-0.2, -0.15) is 4.98 Å². The van der Waals surface area contributed by atoms with E-state index in [2.05, 4.69) is 10.1 Å². The molecule has 0 spiro atoms. The molecule has 0 saturated heterocycles. The molecule has 1 amide bonds. The van der Waals surface area contributed by atoms with Crippen LogP contribution in [0.4, 0.5) is 0 Å². The number of rotatable bonds is 7. The van der Waals surface area contributed by atoms with Crippen LogP contribution in [-0.4, -0.2) is 28.0 Å². The largest absolute Gasteiger partial charge is 0.366 e. The first-order valence-corrected chi connectivity index (χ1v) is 8.03. The second-order valence-electron chi connectivity index (χ2n) is 6.00. The van der Waals surface area contributed by atoms with Gasteiger partial charge in [0.1, 0.15) is 0 Å². The van der Waals surface area contributed by atoms with Crippen LogP contribution < -0.4 is 5.73 Å². The van der Waals surface area contributed by atoms with Gasteiger partial charge in [-0.25, -0.2) is 0 Å². The summed E-state index contributed by atoms with van der Waals surface area (Å²) < 4.78 is 5.33. The van der Waals surface area contributed by atoms with Gasteiger partial charge >= 0.3 is 0 Å². The molecule has 6 heteroatoms. The predicted octanol–water partition coefficient (Wildman–Crippen LogP) is 2.39. The van der Waals surface area contributed by atoms with Crippen LogP contribution in [0.25, 0.3) is 0 Å². The summed E-state index contributed by atoms with van der Waals surface area (Å²) in [6.07, 6.45) is 0.648. The van der Waals surface area contributed by atoms with Gasteiger partial charge in [-0.1, -0.05) is 47.6 Å². The molecule has 0 unspecified atom stereocenters. The first-order valence-electron chi connectivity index (χ1n) is 8.03. The smallest absolute Gasteiger partial charge is 0.248 e. The molecule has 0 aliphatic rings. The average Bonchev–Trinajstić information content (AvgIpc) is 3.02. The summed E-state index contributed by atoms with van der Waals surface area (Å²) in [6, 6.07) is 17.3. The molecule has 3 rings (SSSR count). The van der Waals surface area contributed by atoms with Gasteiger partial charge < -0.3 is 10.3 Å². The highest BCUT2D eigenvalue weighted by atomic mass is 16.5. The molecule has 0 aliphatic heterocycles. The number of carbonyl (C=O) groups is 1. The zero-order valence-electron chi connectivity index (χ0n) is 14.1. The predicted molar refractivity (Wildman–Crippen MR) is 93.7 cm³/mol. The Bertz CT molecular complexity index is 845. The molecule has 0 bridgehead atoms. The number of hydrogen-bond donors (Lipinski definition) is 1. The molecule has 6 nitrogen and oxygen atoms in total. The summed E-state index contributed by atoms with van der Waals surface area (Å²) in [6.45, 7) is 1.18. The number of aromatic nitrogens is 2. The maximum atomic E-state index is 11.3. The lowest BCUT2D eigenvalue weighted by Crippen LogP contribution is -2.18. The molecule has 1 aromatic heterocycles. The first-order chi connectivity index (χ1) is 12.1. The Hall–Kier alpha value is -2.99. The van der Waals surface area contributed by atoms with Crippen LogP contribution in [0.5, 0.6) is 0 Å². The Labute approximate surface area is 146 Å². The van der Waals surface area contributed by atoms with Gasteiger partial charge in [0.05, 0.1) is 6.54 Å². The van der Waals surface area contributed by atoms with E-state index >= 15 is 0 Å². The third kappa shape index (κ3) is 4.74. The molecule has 3 aromatic rings. The van der Waals surface area contributed by atoms with E-state index in [1.165, 1.54) is 0 Å². The number of benzene rings is 2. The SMILES string of the molecule is CN(Cc1cccc(C(N)=O)c1)Cc1nc(Cc2ccccc2)no1. The monoisotopic (exact) mass is 336 g/mol. The summed E-state index contributed by atoms with van der Waals surface area (Å²) in [5.74, 6) is 0.816. The fourth-order valence-corrected chi connectivity index (χ4v) is 2.63. The van der Waals surface area contributed by atoms with Crippen LogP contribution in [0, 0.1) is 0 Å². The molecular formula is C19H20N4O2. The van der Waals surface area contributed by atoms with E-state index in [1.807, 2.05) is 54.4 Å². The second kappa shape index (κ2) is 7.72. The molecule has 0 radical (unpaired) electrons. The van der Waals surface area contributed by atoms with Gasteiger partial charge in [0, 0.05) is 18.5 Å². The van der Waals surface area contributed by atoms with Crippen LogP contribution in [0.15, 0.2) is 59.1 Å². The summed E-state index contributed by atoms with van der Waals surface area (Å²) in [5, 5.41) is 4.03. The third-order valence-electron chi connectivity index (χ3n) is 3.78. The fraction of sp³-hybridized carbons (Fsp3) is 0.211. The summed E-state index contributed by atoms with van der Waals surface area (Å²) in [5.41, 5.74) is 7.97. The van der Waals surface area contributed by atoms with Crippen molar-refractivity contribution in [3.05, 3.63) is 83.0 Å². The second-order valence-corrected chi connectivity index (χ2v) is 6.00. The van der Waals surface area contributed by atoms with Gasteiger partial charge in [0.25, 0.3) is 0 Å². The number of amides is 1. The lowest BCUT2D eigenvalue weighted by atomic mass is 10.1. The molecule has 2 aromatic carbocycles. The lowest BCUT2D eigenvalue weighted by Gasteiger charge is -2.14. The molecule has 2 N–H and O–H groups in total. The van der Waals surface area contributed by atoms with Crippen LogP contribution >= 0.6 is 0 Å². The molecule has 128 valence electrons. The lowest BCUT2D eigenvalue weighted by molar-refractivity contribution is 0.1000. The highest BCUT2D eigenvalue weighted by Crippen LogP contribution is 2.11. The topological polar surface area (TPSA) is 85.2 Å². The summed E-state index contributed by atoms with van der Waals surface area (Å²) >= 11 is 0. The Morgan fingerprint density at radius 2 is 1.84 bits per heavy atom. The van der Waals surface area contributed by atoms with Crippen LogP contribution in [0.1, 0.15) is 33.2 Å². The average molecular weight is 336 g/mol. The minimum atomic E-state index is -0.424. The van der Waals surface area contributed by atoms with E-state index < -0.39 is 5.91 Å². The van der Waals surface area contributed by atoms with Crippen molar-refractivity contribution < 1.29 is 9.32 Å². The van der Waals surface area contributed by atoms with E-state index in [4.69, 9.17) is 10.3 Å². The minimum absolute atomic E-state index is 0.424. The number of nitrogens with zero attached hydrogens (tertiary/aromatic N) is 3. The van der Waals surface area contributed by atoms with Crippen molar-refractivity contribution in [2.75, 3.05) is 7.05 Å². The molecule has 0 saturated carbocycles. The highest BCUT2D eigenvalue weighted by Gasteiger charge is 2.11. The third-order valence-corrected chi connectivity index (χ3v) is 3.78. The summed E-state index contributed by atoms with van der Waals surface area (Å²) in [7, 11) is 1.96. The van der Waals surface area contributed by atoms with Crippen molar-refractivity contribution in [3.8, 4) is 0 Å². The molecule has 0 atom stereocenters. The van der Waals surface area contributed by atoms with E-state index in [-0.39, 0.29) is 0 Å². The minimum Gasteiger partial charge on any atom is -0.366 e. The zero-order chi connectivity index (χ0) is 17.6. The number of carbonyl (C=O) groups excluding carboxylic acids is 1. The Kier molecular flexibility index (Phi) is 5.20. The van der Waals surface area contributed by atoms with Gasteiger partial charge in [-0.15, -0.1) is 0 Å². The van der Waals surface area contributed by atoms with Crippen molar-refractivity contribution in [2.45, 2.75) is 19.5 Å². The molecule has 0 aliphatic carbocycles. The standard InChI is InChI=1S/C19H20N4O2/c1-23(12-15-8-5-9-16(10-15)19(20)24)13-18-21-17(22-25-18)11-14-6-3-2-4-7-14/h2-10H,11-13H2,1H3,(H2,20,24). The van der Waals surface area contributed by atoms with Crippen molar-refractivity contribution in [3.63, 3.8) is 0 Å². The maximum absolute atomic E-state index is 11.3.